The molecule has 0 aliphatic rings. The van der Waals surface area contributed by atoms with Crippen LogP contribution in [0.2, 0.25) is 0 Å². The lowest BCUT2D eigenvalue weighted by molar-refractivity contribution is 0.0928. The molecule has 0 amide bonds. The van der Waals surface area contributed by atoms with E-state index in [0.29, 0.717) is 5.56 Å². The van der Waals surface area contributed by atoms with Crippen LogP contribution in [-0.4, -0.2) is 22.5 Å². The summed E-state index contributed by atoms with van der Waals surface area (Å²) in [6.07, 6.45) is -2.28. The van der Waals surface area contributed by atoms with Crippen LogP contribution in [0.5, 0.6) is 5.75 Å². The lowest BCUT2D eigenvalue weighted by Crippen LogP contribution is -2.20. The lowest BCUT2D eigenvalue weighted by atomic mass is 10.1. The summed E-state index contributed by atoms with van der Waals surface area (Å²) in [5.41, 5.74) is 0.524. The van der Waals surface area contributed by atoms with Gasteiger partial charge in [0.2, 0.25) is 0 Å². The van der Waals surface area contributed by atoms with E-state index in [2.05, 4.69) is 0 Å². The van der Waals surface area contributed by atoms with Crippen molar-refractivity contribution in [1.82, 2.24) is 0 Å². The second-order valence-electron chi connectivity index (χ2n) is 3.09. The van der Waals surface area contributed by atoms with Gasteiger partial charge >= 0.3 is 0 Å². The maximum Gasteiger partial charge on any atom is 0.130 e. The smallest absolute Gasteiger partial charge is 0.130 e. The van der Waals surface area contributed by atoms with Crippen LogP contribution in [0, 0.1) is 0 Å². The monoisotopic (exact) mass is 184 g/mol. The van der Waals surface area contributed by atoms with Crippen molar-refractivity contribution in [2.75, 3.05) is 0 Å². The molecule has 0 aliphatic heterocycles. The number of aromatic hydroxyl groups is 1. The molecule has 72 valence electrons. The van der Waals surface area contributed by atoms with E-state index in [-0.39, 0.29) is 12.2 Å². The van der Waals surface area contributed by atoms with Crippen molar-refractivity contribution in [2.45, 2.75) is 25.6 Å². The van der Waals surface area contributed by atoms with Crippen molar-refractivity contribution < 1.29 is 14.6 Å². The fraction of sp³-hybridized carbons (Fsp3) is 0.400. The minimum atomic E-state index is -1.33. The van der Waals surface area contributed by atoms with Crippen molar-refractivity contribution in [3.8, 4) is 5.75 Å². The van der Waals surface area contributed by atoms with Crippen LogP contribution in [0.1, 0.15) is 12.5 Å². The SMILES string of the molecule is CC(O)C(F)Cc1ccccc1O. The number of alkyl halides is 1. The maximum absolute atomic E-state index is 13.0. The van der Waals surface area contributed by atoms with Crippen molar-refractivity contribution in [3.05, 3.63) is 29.8 Å². The van der Waals surface area contributed by atoms with Gasteiger partial charge in [-0.05, 0) is 18.6 Å². The molecule has 0 fully saturated rings. The van der Waals surface area contributed by atoms with E-state index in [4.69, 9.17) is 5.11 Å². The number of rotatable bonds is 3. The third-order valence-corrected chi connectivity index (χ3v) is 1.93. The molecular weight excluding hydrogens is 171 g/mol. The Morgan fingerprint density at radius 3 is 2.54 bits per heavy atom. The van der Waals surface area contributed by atoms with Crippen LogP contribution in [0.3, 0.4) is 0 Å². The van der Waals surface area contributed by atoms with Crippen LogP contribution in [-0.2, 0) is 6.42 Å². The number of para-hydroxylation sites is 1. The molecule has 0 saturated heterocycles. The van der Waals surface area contributed by atoms with Crippen LogP contribution in [0.4, 0.5) is 4.39 Å². The summed E-state index contributed by atoms with van der Waals surface area (Å²) in [5, 5.41) is 18.2. The minimum Gasteiger partial charge on any atom is -0.508 e. The van der Waals surface area contributed by atoms with Crippen LogP contribution in [0.15, 0.2) is 24.3 Å². The van der Waals surface area contributed by atoms with Gasteiger partial charge in [-0.1, -0.05) is 18.2 Å². The van der Waals surface area contributed by atoms with E-state index in [1.54, 1.807) is 18.2 Å². The predicted octanol–water partition coefficient (Wildman–Crippen LogP) is 1.65. The first kappa shape index (κ1) is 9.99. The molecule has 1 aromatic rings. The van der Waals surface area contributed by atoms with Crippen molar-refractivity contribution >= 4 is 0 Å². The van der Waals surface area contributed by atoms with Gasteiger partial charge in [-0.25, -0.2) is 4.39 Å². The van der Waals surface area contributed by atoms with E-state index in [1.165, 1.54) is 13.0 Å². The van der Waals surface area contributed by atoms with Crippen molar-refractivity contribution in [2.24, 2.45) is 0 Å². The first-order chi connectivity index (χ1) is 6.11. The quantitative estimate of drug-likeness (QED) is 0.749. The Kier molecular flexibility index (Phi) is 3.25. The summed E-state index contributed by atoms with van der Waals surface area (Å²) in [7, 11) is 0. The number of aliphatic hydroxyl groups excluding tert-OH is 1. The molecule has 2 atom stereocenters. The Morgan fingerprint density at radius 1 is 1.38 bits per heavy atom. The van der Waals surface area contributed by atoms with Gasteiger partial charge in [0.05, 0.1) is 6.10 Å². The average molecular weight is 184 g/mol. The summed E-state index contributed by atoms with van der Waals surface area (Å²) >= 11 is 0. The Hall–Kier alpha value is -1.09. The van der Waals surface area contributed by atoms with Crippen molar-refractivity contribution in [1.29, 1.82) is 0 Å². The molecule has 0 saturated carbocycles. The summed E-state index contributed by atoms with van der Waals surface area (Å²) in [5.74, 6) is 0.0748. The fourth-order valence-corrected chi connectivity index (χ4v) is 1.06. The highest BCUT2D eigenvalue weighted by molar-refractivity contribution is 5.32. The van der Waals surface area contributed by atoms with E-state index in [1.807, 2.05) is 0 Å². The number of hydrogen-bond acceptors (Lipinski definition) is 2. The predicted molar refractivity (Wildman–Crippen MR) is 48.4 cm³/mol. The van der Waals surface area contributed by atoms with E-state index < -0.39 is 12.3 Å². The largest absolute Gasteiger partial charge is 0.508 e. The Morgan fingerprint density at radius 2 is 2.00 bits per heavy atom. The van der Waals surface area contributed by atoms with Crippen molar-refractivity contribution in [3.63, 3.8) is 0 Å². The molecule has 13 heavy (non-hydrogen) atoms. The van der Waals surface area contributed by atoms with Crippen LogP contribution in [0.25, 0.3) is 0 Å². The van der Waals surface area contributed by atoms with Gasteiger partial charge in [-0.15, -0.1) is 0 Å². The molecule has 0 radical (unpaired) electrons. The zero-order chi connectivity index (χ0) is 9.84. The molecule has 0 aromatic heterocycles. The standard InChI is InChI=1S/C10H13FO2/c1-7(12)9(11)6-8-4-2-3-5-10(8)13/h2-5,7,9,12-13H,6H2,1H3. The molecule has 2 N–H and O–H groups in total. The highest BCUT2D eigenvalue weighted by Crippen LogP contribution is 2.19. The third kappa shape index (κ3) is 2.70. The molecule has 0 bridgehead atoms. The maximum atomic E-state index is 13.0. The highest BCUT2D eigenvalue weighted by atomic mass is 19.1. The molecular formula is C10H13FO2. The molecule has 2 nitrogen and oxygen atoms in total. The second kappa shape index (κ2) is 4.23. The lowest BCUT2D eigenvalue weighted by Gasteiger charge is -2.11. The zero-order valence-corrected chi connectivity index (χ0v) is 7.44. The summed E-state index contributed by atoms with van der Waals surface area (Å²) in [6, 6.07) is 6.55. The van der Waals surface area contributed by atoms with Gasteiger partial charge < -0.3 is 10.2 Å². The Labute approximate surface area is 76.6 Å². The van der Waals surface area contributed by atoms with Crippen LogP contribution < -0.4 is 0 Å². The zero-order valence-electron chi connectivity index (χ0n) is 7.44. The number of aliphatic hydroxyl groups is 1. The van der Waals surface area contributed by atoms with E-state index in [0.717, 1.165) is 0 Å². The molecule has 3 heteroatoms. The first-order valence-electron chi connectivity index (χ1n) is 4.20. The van der Waals surface area contributed by atoms with Gasteiger partial charge in [0.1, 0.15) is 11.9 Å². The van der Waals surface area contributed by atoms with E-state index in [9.17, 15) is 9.50 Å². The third-order valence-electron chi connectivity index (χ3n) is 1.93. The number of phenols is 1. The first-order valence-corrected chi connectivity index (χ1v) is 4.20. The van der Waals surface area contributed by atoms with Gasteiger partial charge in [-0.3, -0.25) is 0 Å². The Balaban J connectivity index is 2.69. The van der Waals surface area contributed by atoms with Crippen LogP contribution >= 0.6 is 0 Å². The topological polar surface area (TPSA) is 40.5 Å². The van der Waals surface area contributed by atoms with Gasteiger partial charge in [0, 0.05) is 6.42 Å². The highest BCUT2D eigenvalue weighted by Gasteiger charge is 2.15. The Bertz CT molecular complexity index is 273. The van der Waals surface area contributed by atoms with E-state index >= 15 is 0 Å². The fourth-order valence-electron chi connectivity index (χ4n) is 1.06. The summed E-state index contributed by atoms with van der Waals surface area (Å²) in [6.45, 7) is 1.39. The number of halogens is 1. The van der Waals surface area contributed by atoms with Gasteiger partial charge in [0.25, 0.3) is 0 Å². The summed E-state index contributed by atoms with van der Waals surface area (Å²) < 4.78 is 13.0. The molecule has 0 aliphatic carbocycles. The minimum absolute atomic E-state index is 0.0460. The number of benzene rings is 1. The van der Waals surface area contributed by atoms with Gasteiger partial charge in [0.15, 0.2) is 0 Å². The molecule has 1 aromatic carbocycles. The number of phenolic OH excluding ortho intramolecular Hbond substituents is 1. The second-order valence-corrected chi connectivity index (χ2v) is 3.09. The molecule has 2 unspecified atom stereocenters. The molecule has 1 rings (SSSR count). The van der Waals surface area contributed by atoms with Gasteiger partial charge in [-0.2, -0.15) is 0 Å². The summed E-state index contributed by atoms with van der Waals surface area (Å²) in [4.78, 5) is 0. The number of hydrogen-bond donors (Lipinski definition) is 2. The molecule has 0 heterocycles. The molecule has 0 spiro atoms. The average Bonchev–Trinajstić information content (AvgIpc) is 2.08. The normalized spacial score (nSPS) is 15.3.